The van der Waals surface area contributed by atoms with E-state index >= 15 is 0 Å². The van der Waals surface area contributed by atoms with Crippen molar-refractivity contribution in [2.24, 2.45) is 0 Å². The quantitative estimate of drug-likeness (QED) is 0.601. The van der Waals surface area contributed by atoms with Crippen molar-refractivity contribution in [2.45, 2.75) is 89.8 Å². The summed E-state index contributed by atoms with van der Waals surface area (Å²) in [6.45, 7) is 1.71. The summed E-state index contributed by atoms with van der Waals surface area (Å²) in [6.07, 6.45) is 13.0. The van der Waals surface area contributed by atoms with E-state index in [9.17, 15) is 14.9 Å². The minimum Gasteiger partial charge on any atom is -0.335 e. The van der Waals surface area contributed by atoms with E-state index in [1.54, 1.807) is 6.92 Å². The zero-order chi connectivity index (χ0) is 17.8. The fraction of sp³-hybridized carbons (Fsp3) is 0.778. The van der Waals surface area contributed by atoms with Gasteiger partial charge in [0.1, 0.15) is 18.4 Å². The molecule has 0 unspecified atom stereocenters. The summed E-state index contributed by atoms with van der Waals surface area (Å²) in [5.74, 6) is 0.0659. The molecule has 1 aromatic rings. The zero-order valence-corrected chi connectivity index (χ0v) is 15.0. The molecule has 3 rings (SSSR count). The van der Waals surface area contributed by atoms with Crippen molar-refractivity contribution >= 4 is 11.6 Å². The average Bonchev–Trinajstić information content (AvgIpc) is 2.97. The Bertz CT molecular complexity index is 598. The van der Waals surface area contributed by atoms with E-state index < -0.39 is 4.92 Å². The van der Waals surface area contributed by atoms with Gasteiger partial charge < -0.3 is 4.90 Å². The van der Waals surface area contributed by atoms with Gasteiger partial charge in [-0.2, -0.15) is 5.10 Å². The normalized spacial score (nSPS) is 19.7. The highest BCUT2D eigenvalue weighted by atomic mass is 16.6. The summed E-state index contributed by atoms with van der Waals surface area (Å²) in [5, 5.41) is 15.2. The third-order valence-electron chi connectivity index (χ3n) is 5.64. The summed E-state index contributed by atoms with van der Waals surface area (Å²) in [6, 6.07) is 0.659. The maximum Gasteiger partial charge on any atom is 0.309 e. The molecule has 1 aromatic heterocycles. The van der Waals surface area contributed by atoms with Gasteiger partial charge in [-0.15, -0.1) is 0 Å². The molecule has 1 amide bonds. The fourth-order valence-corrected chi connectivity index (χ4v) is 4.41. The molecule has 0 aliphatic heterocycles. The molecule has 0 aromatic carbocycles. The average molecular weight is 348 g/mol. The van der Waals surface area contributed by atoms with E-state index in [2.05, 4.69) is 10.00 Å². The van der Waals surface area contributed by atoms with Gasteiger partial charge in [-0.3, -0.25) is 19.6 Å². The van der Waals surface area contributed by atoms with E-state index in [-0.39, 0.29) is 18.1 Å². The molecule has 0 spiro atoms. The largest absolute Gasteiger partial charge is 0.335 e. The highest BCUT2D eigenvalue weighted by Gasteiger charge is 2.32. The van der Waals surface area contributed by atoms with Gasteiger partial charge in [0.2, 0.25) is 5.91 Å². The number of hydrogen-bond acceptors (Lipinski definition) is 4. The van der Waals surface area contributed by atoms with E-state index in [0.717, 1.165) is 25.7 Å². The molecule has 2 fully saturated rings. The van der Waals surface area contributed by atoms with Crippen LogP contribution < -0.4 is 0 Å². The Morgan fingerprint density at radius 3 is 2.12 bits per heavy atom. The molecule has 7 nitrogen and oxygen atoms in total. The van der Waals surface area contributed by atoms with Gasteiger partial charge in [-0.05, 0) is 32.6 Å². The van der Waals surface area contributed by atoms with Gasteiger partial charge in [0.15, 0.2) is 0 Å². The van der Waals surface area contributed by atoms with Gasteiger partial charge in [-0.25, -0.2) is 0 Å². The van der Waals surface area contributed by atoms with Crippen LogP contribution in [0.2, 0.25) is 0 Å². The standard InChI is InChI=1S/C18H28N4O3/c1-14-17(22(24)25)12-20(19-14)13-18(23)21(15-8-4-2-5-9-15)16-10-6-3-7-11-16/h12,15-16H,2-11,13H2,1H3. The van der Waals surface area contributed by atoms with Gasteiger partial charge >= 0.3 is 5.69 Å². The maximum atomic E-state index is 13.1. The number of carbonyl (C=O) groups is 1. The van der Waals surface area contributed by atoms with Crippen molar-refractivity contribution in [2.75, 3.05) is 0 Å². The van der Waals surface area contributed by atoms with Crippen LogP contribution in [-0.2, 0) is 11.3 Å². The summed E-state index contributed by atoms with van der Waals surface area (Å²) < 4.78 is 1.44. The lowest BCUT2D eigenvalue weighted by Gasteiger charge is -2.41. The van der Waals surface area contributed by atoms with Crippen LogP contribution in [0.4, 0.5) is 5.69 Å². The van der Waals surface area contributed by atoms with Crippen LogP contribution >= 0.6 is 0 Å². The molecule has 0 radical (unpaired) electrons. The predicted octanol–water partition coefficient (Wildman–Crippen LogP) is 3.59. The smallest absolute Gasteiger partial charge is 0.309 e. The summed E-state index contributed by atoms with van der Waals surface area (Å²) in [4.78, 5) is 25.8. The molecule has 138 valence electrons. The highest BCUT2D eigenvalue weighted by Crippen LogP contribution is 2.30. The summed E-state index contributed by atoms with van der Waals surface area (Å²) >= 11 is 0. The second-order valence-corrected chi connectivity index (χ2v) is 7.44. The lowest BCUT2D eigenvalue weighted by Crippen LogP contribution is -2.50. The van der Waals surface area contributed by atoms with Crippen LogP contribution in [0.1, 0.15) is 69.9 Å². The summed E-state index contributed by atoms with van der Waals surface area (Å²) in [7, 11) is 0. The van der Waals surface area contributed by atoms with Gasteiger partial charge in [-0.1, -0.05) is 38.5 Å². The van der Waals surface area contributed by atoms with Crippen LogP contribution in [0.15, 0.2) is 6.20 Å². The number of aryl methyl sites for hydroxylation is 1. The second-order valence-electron chi connectivity index (χ2n) is 7.44. The van der Waals surface area contributed by atoms with Crippen molar-refractivity contribution in [3.8, 4) is 0 Å². The summed E-state index contributed by atoms with van der Waals surface area (Å²) in [5.41, 5.74) is 0.342. The molecule has 0 saturated heterocycles. The maximum absolute atomic E-state index is 13.1. The third-order valence-corrected chi connectivity index (χ3v) is 5.64. The Morgan fingerprint density at radius 2 is 1.68 bits per heavy atom. The number of amides is 1. The number of hydrogen-bond donors (Lipinski definition) is 0. The van der Waals surface area contributed by atoms with E-state index in [1.807, 2.05) is 0 Å². The lowest BCUT2D eigenvalue weighted by molar-refractivity contribution is -0.385. The van der Waals surface area contributed by atoms with Gasteiger partial charge in [0.25, 0.3) is 0 Å². The first-order chi connectivity index (χ1) is 12.1. The monoisotopic (exact) mass is 348 g/mol. The molecular formula is C18H28N4O3. The number of rotatable bonds is 5. The van der Waals surface area contributed by atoms with Gasteiger partial charge in [0.05, 0.1) is 4.92 Å². The first-order valence-corrected chi connectivity index (χ1v) is 9.56. The zero-order valence-electron chi connectivity index (χ0n) is 15.0. The second kappa shape index (κ2) is 7.97. The molecule has 2 saturated carbocycles. The van der Waals surface area contributed by atoms with Crippen molar-refractivity contribution < 1.29 is 9.72 Å². The number of nitro groups is 1. The Morgan fingerprint density at radius 1 is 1.16 bits per heavy atom. The van der Waals surface area contributed by atoms with E-state index in [1.165, 1.54) is 49.4 Å². The molecule has 1 heterocycles. The first-order valence-electron chi connectivity index (χ1n) is 9.56. The van der Waals surface area contributed by atoms with Gasteiger partial charge in [0, 0.05) is 12.1 Å². The van der Waals surface area contributed by atoms with Crippen LogP contribution in [0.3, 0.4) is 0 Å². The lowest BCUT2D eigenvalue weighted by atomic mass is 9.88. The Labute approximate surface area is 148 Å². The van der Waals surface area contributed by atoms with Crippen molar-refractivity contribution in [3.63, 3.8) is 0 Å². The fourth-order valence-electron chi connectivity index (χ4n) is 4.41. The van der Waals surface area contributed by atoms with Crippen molar-refractivity contribution in [1.29, 1.82) is 0 Å². The number of nitrogens with zero attached hydrogens (tertiary/aromatic N) is 4. The van der Waals surface area contributed by atoms with E-state index in [4.69, 9.17) is 0 Å². The van der Waals surface area contributed by atoms with Crippen molar-refractivity contribution in [1.82, 2.24) is 14.7 Å². The predicted molar refractivity (Wildman–Crippen MR) is 94.2 cm³/mol. The molecule has 0 atom stereocenters. The Kier molecular flexibility index (Phi) is 5.71. The van der Waals surface area contributed by atoms with Crippen LogP contribution in [0, 0.1) is 17.0 Å². The molecule has 2 aliphatic rings. The first kappa shape index (κ1) is 17.9. The number of aromatic nitrogens is 2. The topological polar surface area (TPSA) is 81.3 Å². The van der Waals surface area contributed by atoms with E-state index in [0.29, 0.717) is 17.8 Å². The molecule has 25 heavy (non-hydrogen) atoms. The SMILES string of the molecule is Cc1nn(CC(=O)N(C2CCCCC2)C2CCCCC2)cc1[N+](=O)[O-]. The van der Waals surface area contributed by atoms with Crippen LogP contribution in [-0.4, -0.2) is 37.6 Å². The number of carbonyl (C=O) groups excluding carboxylic acids is 1. The molecule has 2 aliphatic carbocycles. The third kappa shape index (κ3) is 4.19. The molecular weight excluding hydrogens is 320 g/mol. The molecule has 0 N–H and O–H groups in total. The molecule has 7 heteroatoms. The Balaban J connectivity index is 1.75. The van der Waals surface area contributed by atoms with Crippen LogP contribution in [0.5, 0.6) is 0 Å². The minimum atomic E-state index is -0.441. The van der Waals surface area contributed by atoms with Crippen molar-refractivity contribution in [3.05, 3.63) is 22.0 Å². The molecule has 0 bridgehead atoms. The van der Waals surface area contributed by atoms with Crippen LogP contribution in [0.25, 0.3) is 0 Å². The highest BCUT2D eigenvalue weighted by molar-refractivity contribution is 5.76. The Hall–Kier alpha value is -1.92. The minimum absolute atomic E-state index is 0.0188.